The molecule has 3 aliphatic heterocycles. The monoisotopic (exact) mass is 513 g/mol. The van der Waals surface area contributed by atoms with Gasteiger partial charge in [-0.3, -0.25) is 14.4 Å². The third-order valence-corrected chi connectivity index (χ3v) is 8.87. The van der Waals surface area contributed by atoms with Crippen molar-refractivity contribution >= 4 is 23.4 Å². The molecule has 0 bridgehead atoms. The molecule has 1 unspecified atom stereocenters. The first-order valence-corrected chi connectivity index (χ1v) is 13.8. The second kappa shape index (κ2) is 10.2. The zero-order valence-electron chi connectivity index (χ0n) is 21.4. The lowest BCUT2D eigenvalue weighted by Crippen LogP contribution is -2.52. The van der Waals surface area contributed by atoms with E-state index in [1.165, 1.54) is 5.56 Å². The molecule has 3 heterocycles. The SMILES string of the molecule is NC(=O)c1ccc(C(=O)N[C@@H]2CCCC[C@@H]2C(=O)N2CC[C@@H]3[C@H](C4CC=CN4)Nc4ccccc4[C@@H]32)cc1. The number of fused-ring (bicyclic) bond motifs is 3. The molecular formula is C30H35N5O3. The standard InChI is InChI=1S/C30H35N5O3/c31-28(36)18-11-13-19(14-12-18)29(37)34-24-9-4-2-7-21(24)30(38)35-17-15-22-26(25-10-5-16-32-25)33-23-8-3-1-6-20(23)27(22)35/h1,3,5-6,8,11-14,16,21-22,24-27,32-33H,2,4,7,9-10,15,17H2,(H2,31,36)(H,34,37)/t21-,22+,24+,25?,26+,27-/m0/s1. The molecule has 38 heavy (non-hydrogen) atoms. The minimum atomic E-state index is -0.527. The Bertz CT molecular complexity index is 1250. The molecule has 2 aromatic rings. The third-order valence-electron chi connectivity index (χ3n) is 8.87. The van der Waals surface area contributed by atoms with Crippen LogP contribution in [0.15, 0.2) is 60.8 Å². The summed E-state index contributed by atoms with van der Waals surface area (Å²) in [5, 5.41) is 10.4. The lowest BCUT2D eigenvalue weighted by atomic mass is 9.78. The summed E-state index contributed by atoms with van der Waals surface area (Å²) in [6, 6.07) is 15.1. The van der Waals surface area contributed by atoms with Crippen LogP contribution < -0.4 is 21.7 Å². The number of nitrogens with zero attached hydrogens (tertiary/aromatic N) is 1. The highest BCUT2D eigenvalue weighted by molar-refractivity contribution is 5.97. The number of likely N-dealkylation sites (tertiary alicyclic amines) is 1. The van der Waals surface area contributed by atoms with Gasteiger partial charge in [-0.15, -0.1) is 0 Å². The van der Waals surface area contributed by atoms with Crippen molar-refractivity contribution in [1.82, 2.24) is 15.5 Å². The lowest BCUT2D eigenvalue weighted by Gasteiger charge is -2.43. The molecule has 0 radical (unpaired) electrons. The van der Waals surface area contributed by atoms with Gasteiger partial charge in [-0.05, 0) is 67.8 Å². The Balaban J connectivity index is 1.22. The van der Waals surface area contributed by atoms with Crippen LogP contribution in [-0.2, 0) is 4.79 Å². The summed E-state index contributed by atoms with van der Waals surface area (Å²) < 4.78 is 0. The number of carbonyl (C=O) groups excluding carboxylic acids is 3. The highest BCUT2D eigenvalue weighted by Crippen LogP contribution is 2.48. The van der Waals surface area contributed by atoms with Crippen molar-refractivity contribution in [1.29, 1.82) is 0 Å². The van der Waals surface area contributed by atoms with E-state index in [0.29, 0.717) is 23.1 Å². The first-order chi connectivity index (χ1) is 18.5. The normalized spacial score (nSPS) is 29.5. The maximum absolute atomic E-state index is 14.2. The third kappa shape index (κ3) is 4.42. The van der Waals surface area contributed by atoms with Crippen molar-refractivity contribution in [2.45, 2.75) is 62.7 Å². The molecule has 6 rings (SSSR count). The maximum atomic E-state index is 14.2. The van der Waals surface area contributed by atoms with Crippen LogP contribution in [0.4, 0.5) is 5.69 Å². The van der Waals surface area contributed by atoms with Crippen LogP contribution in [0.2, 0.25) is 0 Å². The van der Waals surface area contributed by atoms with Crippen LogP contribution in [0, 0.1) is 11.8 Å². The van der Waals surface area contributed by atoms with E-state index in [4.69, 9.17) is 5.73 Å². The summed E-state index contributed by atoms with van der Waals surface area (Å²) in [6.07, 6.45) is 9.67. The van der Waals surface area contributed by atoms with Crippen LogP contribution in [-0.4, -0.2) is 47.3 Å². The summed E-state index contributed by atoms with van der Waals surface area (Å²) in [5.74, 6) is -0.521. The first-order valence-electron chi connectivity index (χ1n) is 13.8. The van der Waals surface area contributed by atoms with Crippen LogP contribution in [0.25, 0.3) is 0 Å². The summed E-state index contributed by atoms with van der Waals surface area (Å²) in [4.78, 5) is 40.8. The van der Waals surface area contributed by atoms with Gasteiger partial charge in [0.2, 0.25) is 11.8 Å². The maximum Gasteiger partial charge on any atom is 0.251 e. The Kier molecular flexibility index (Phi) is 6.55. The van der Waals surface area contributed by atoms with Gasteiger partial charge in [0, 0.05) is 41.4 Å². The zero-order chi connectivity index (χ0) is 26.2. The predicted molar refractivity (Wildman–Crippen MR) is 145 cm³/mol. The number of nitrogens with two attached hydrogens (primary N) is 1. The average Bonchev–Trinajstić information content (AvgIpc) is 3.64. The number of carbonyl (C=O) groups is 3. The van der Waals surface area contributed by atoms with Crippen LogP contribution in [0.1, 0.15) is 70.8 Å². The van der Waals surface area contributed by atoms with Crippen molar-refractivity contribution in [3.05, 3.63) is 77.5 Å². The number of anilines is 1. The molecule has 2 fully saturated rings. The first kappa shape index (κ1) is 24.5. The van der Waals surface area contributed by atoms with Crippen molar-refractivity contribution in [2.24, 2.45) is 17.6 Å². The van der Waals surface area contributed by atoms with E-state index in [2.05, 4.69) is 45.1 Å². The molecule has 6 atom stereocenters. The van der Waals surface area contributed by atoms with Gasteiger partial charge in [-0.1, -0.05) is 37.1 Å². The molecule has 8 nitrogen and oxygen atoms in total. The van der Waals surface area contributed by atoms with Gasteiger partial charge < -0.3 is 26.6 Å². The van der Waals surface area contributed by atoms with Crippen LogP contribution in [0.5, 0.6) is 0 Å². The molecule has 2 aromatic carbocycles. The fourth-order valence-electron chi connectivity index (χ4n) is 6.98. The quantitative estimate of drug-likeness (QED) is 0.489. The number of hydrogen-bond acceptors (Lipinski definition) is 5. The lowest BCUT2D eigenvalue weighted by molar-refractivity contribution is -0.138. The van der Waals surface area contributed by atoms with Gasteiger partial charge in [-0.25, -0.2) is 0 Å². The van der Waals surface area contributed by atoms with E-state index < -0.39 is 5.91 Å². The van der Waals surface area contributed by atoms with Crippen LogP contribution >= 0.6 is 0 Å². The Morgan fingerprint density at radius 3 is 2.47 bits per heavy atom. The van der Waals surface area contributed by atoms with Gasteiger partial charge in [0.25, 0.3) is 5.91 Å². The van der Waals surface area contributed by atoms with Crippen molar-refractivity contribution in [3.63, 3.8) is 0 Å². The number of hydrogen-bond donors (Lipinski definition) is 4. The highest BCUT2D eigenvalue weighted by Gasteiger charge is 2.49. The molecule has 0 spiro atoms. The van der Waals surface area contributed by atoms with E-state index in [-0.39, 0.29) is 35.9 Å². The minimum absolute atomic E-state index is 0.0342. The summed E-state index contributed by atoms with van der Waals surface area (Å²) in [6.45, 7) is 0.729. The largest absolute Gasteiger partial charge is 0.386 e. The van der Waals surface area contributed by atoms with Crippen molar-refractivity contribution in [2.75, 3.05) is 11.9 Å². The van der Waals surface area contributed by atoms with Crippen molar-refractivity contribution < 1.29 is 14.4 Å². The van der Waals surface area contributed by atoms with E-state index in [0.717, 1.165) is 50.8 Å². The zero-order valence-corrected chi connectivity index (χ0v) is 21.4. The number of amides is 3. The molecule has 1 saturated heterocycles. The predicted octanol–water partition coefficient (Wildman–Crippen LogP) is 3.33. The van der Waals surface area contributed by atoms with E-state index >= 15 is 0 Å². The molecule has 1 saturated carbocycles. The number of para-hydroxylation sites is 1. The average molecular weight is 514 g/mol. The summed E-state index contributed by atoms with van der Waals surface area (Å²) in [5.41, 5.74) is 8.45. The molecule has 3 amide bonds. The topological polar surface area (TPSA) is 117 Å². The molecule has 198 valence electrons. The molecule has 8 heteroatoms. The number of nitrogens with one attached hydrogen (secondary N) is 3. The van der Waals surface area contributed by atoms with Gasteiger partial charge in [0.15, 0.2) is 0 Å². The van der Waals surface area contributed by atoms with Gasteiger partial charge >= 0.3 is 0 Å². The van der Waals surface area contributed by atoms with Crippen LogP contribution in [0.3, 0.4) is 0 Å². The Morgan fingerprint density at radius 2 is 1.71 bits per heavy atom. The van der Waals surface area contributed by atoms with Gasteiger partial charge in [0.05, 0.1) is 18.0 Å². The second-order valence-electron chi connectivity index (χ2n) is 11.0. The fourth-order valence-corrected chi connectivity index (χ4v) is 6.98. The smallest absolute Gasteiger partial charge is 0.251 e. The Labute approximate surface area is 223 Å². The second-order valence-corrected chi connectivity index (χ2v) is 11.0. The Hall–Kier alpha value is -3.81. The number of benzene rings is 2. The van der Waals surface area contributed by atoms with E-state index in [9.17, 15) is 14.4 Å². The molecule has 4 aliphatic rings. The number of primary amides is 1. The fraction of sp³-hybridized carbons (Fsp3) is 0.433. The molecule has 1 aliphatic carbocycles. The number of rotatable bonds is 5. The summed E-state index contributed by atoms with van der Waals surface area (Å²) >= 11 is 0. The summed E-state index contributed by atoms with van der Waals surface area (Å²) in [7, 11) is 0. The van der Waals surface area contributed by atoms with Crippen molar-refractivity contribution in [3.8, 4) is 0 Å². The highest BCUT2D eigenvalue weighted by atomic mass is 16.2. The van der Waals surface area contributed by atoms with E-state index in [1.54, 1.807) is 24.3 Å². The molecular weight excluding hydrogens is 478 g/mol. The minimum Gasteiger partial charge on any atom is -0.386 e. The van der Waals surface area contributed by atoms with Gasteiger partial charge in [0.1, 0.15) is 0 Å². The molecule has 5 N–H and O–H groups in total. The van der Waals surface area contributed by atoms with E-state index in [1.807, 2.05) is 12.3 Å². The molecule has 0 aromatic heterocycles. The van der Waals surface area contributed by atoms with Gasteiger partial charge in [-0.2, -0.15) is 0 Å². The Morgan fingerprint density at radius 1 is 0.947 bits per heavy atom.